The Morgan fingerprint density at radius 3 is 2.53 bits per heavy atom. The number of hydrogen-bond acceptors (Lipinski definition) is 6. The summed E-state index contributed by atoms with van der Waals surface area (Å²) < 4.78 is 10.4. The van der Waals surface area contributed by atoms with Gasteiger partial charge in [-0.25, -0.2) is 4.79 Å². The smallest absolute Gasteiger partial charge is 0.407 e. The van der Waals surface area contributed by atoms with Gasteiger partial charge in [0.25, 0.3) is 11.8 Å². The number of carbonyl (C=O) groups excluding carboxylic acids is 2. The summed E-state index contributed by atoms with van der Waals surface area (Å²) in [6.07, 6.45) is 1.12. The number of methoxy groups -OCH3 is 2. The van der Waals surface area contributed by atoms with Crippen LogP contribution in [0.1, 0.15) is 37.5 Å². The van der Waals surface area contributed by atoms with E-state index in [1.807, 2.05) is 6.07 Å². The highest BCUT2D eigenvalue weighted by Crippen LogP contribution is 2.27. The molecule has 0 bridgehead atoms. The molecule has 186 valence electrons. The number of hydrogen-bond donors (Lipinski definition) is 3. The zero-order chi connectivity index (χ0) is 25.7. The van der Waals surface area contributed by atoms with Gasteiger partial charge in [-0.2, -0.15) is 0 Å². The van der Waals surface area contributed by atoms with E-state index in [4.69, 9.17) is 9.47 Å². The van der Waals surface area contributed by atoms with Crippen molar-refractivity contribution < 1.29 is 29.0 Å². The summed E-state index contributed by atoms with van der Waals surface area (Å²) in [5, 5.41) is 14.9. The number of ether oxygens (including phenoxy) is 2. The average molecular weight is 491 g/mol. The number of pyridine rings is 1. The third-order valence-corrected chi connectivity index (χ3v) is 5.86. The molecule has 0 saturated carbocycles. The van der Waals surface area contributed by atoms with Crippen molar-refractivity contribution >= 4 is 23.6 Å². The topological polar surface area (TPSA) is 130 Å². The standard InChI is InChI=1S/C26H26N4O6/c1-35-22-7-6-18(12-23(22)36-2)24(31)28-13-16-4-3-5-17(10-16)25(32)29-20-11-19-15-30(26(33)34)9-8-21(19)27-14-20/h3-7,10-12,14H,8-9,13,15H2,1-2H3,(H,28,31)(H,29,32)(H,33,34). The number of nitrogens with one attached hydrogen (secondary N) is 2. The van der Waals surface area contributed by atoms with Gasteiger partial charge in [-0.3, -0.25) is 14.6 Å². The largest absolute Gasteiger partial charge is 0.493 e. The molecule has 3 N–H and O–H groups in total. The van der Waals surface area contributed by atoms with E-state index in [0.717, 1.165) is 16.8 Å². The Morgan fingerprint density at radius 1 is 1.00 bits per heavy atom. The van der Waals surface area contributed by atoms with Crippen LogP contribution < -0.4 is 20.1 Å². The highest BCUT2D eigenvalue weighted by atomic mass is 16.5. The first kappa shape index (κ1) is 24.5. The van der Waals surface area contributed by atoms with Gasteiger partial charge < -0.3 is 30.1 Å². The first-order valence-corrected chi connectivity index (χ1v) is 11.2. The van der Waals surface area contributed by atoms with Crippen molar-refractivity contribution in [3.63, 3.8) is 0 Å². The Hall–Kier alpha value is -4.60. The van der Waals surface area contributed by atoms with Gasteiger partial charge in [-0.05, 0) is 47.5 Å². The van der Waals surface area contributed by atoms with E-state index in [1.165, 1.54) is 19.1 Å². The highest BCUT2D eigenvalue weighted by Gasteiger charge is 2.21. The number of benzene rings is 2. The summed E-state index contributed by atoms with van der Waals surface area (Å²) in [7, 11) is 3.02. The van der Waals surface area contributed by atoms with Crippen molar-refractivity contribution in [3.05, 3.63) is 82.7 Å². The molecule has 2 aromatic carbocycles. The van der Waals surface area contributed by atoms with E-state index in [-0.39, 0.29) is 24.9 Å². The molecule has 1 aromatic heterocycles. The van der Waals surface area contributed by atoms with E-state index >= 15 is 0 Å². The minimum absolute atomic E-state index is 0.222. The summed E-state index contributed by atoms with van der Waals surface area (Å²) in [5.74, 6) is 0.356. The van der Waals surface area contributed by atoms with Crippen LogP contribution >= 0.6 is 0 Å². The zero-order valence-electron chi connectivity index (χ0n) is 19.9. The molecule has 0 spiro atoms. The third-order valence-electron chi connectivity index (χ3n) is 5.86. The first-order valence-electron chi connectivity index (χ1n) is 11.2. The van der Waals surface area contributed by atoms with Crippen LogP contribution in [0.15, 0.2) is 54.7 Å². The van der Waals surface area contributed by atoms with Crippen molar-refractivity contribution in [2.75, 3.05) is 26.1 Å². The number of fused-ring (bicyclic) bond motifs is 1. The van der Waals surface area contributed by atoms with Crippen molar-refractivity contribution in [3.8, 4) is 11.5 Å². The van der Waals surface area contributed by atoms with Gasteiger partial charge in [0.1, 0.15) is 0 Å². The Labute approximate surface area is 207 Å². The maximum atomic E-state index is 12.8. The van der Waals surface area contributed by atoms with Gasteiger partial charge in [0.2, 0.25) is 0 Å². The number of anilines is 1. The Kier molecular flexibility index (Phi) is 7.33. The lowest BCUT2D eigenvalue weighted by atomic mass is 10.1. The molecular formula is C26H26N4O6. The second kappa shape index (κ2) is 10.8. The van der Waals surface area contributed by atoms with Crippen molar-refractivity contribution in [2.45, 2.75) is 19.5 Å². The lowest BCUT2D eigenvalue weighted by Gasteiger charge is -2.25. The normalized spacial score (nSPS) is 12.3. The molecule has 4 rings (SSSR count). The Morgan fingerprint density at radius 2 is 1.78 bits per heavy atom. The van der Waals surface area contributed by atoms with E-state index in [0.29, 0.717) is 41.3 Å². The van der Waals surface area contributed by atoms with Crippen LogP contribution in [0.2, 0.25) is 0 Å². The molecule has 10 nitrogen and oxygen atoms in total. The minimum atomic E-state index is -0.981. The van der Waals surface area contributed by atoms with Crippen LogP contribution in [0.25, 0.3) is 0 Å². The molecule has 0 fully saturated rings. The van der Waals surface area contributed by atoms with Gasteiger partial charge >= 0.3 is 6.09 Å². The predicted octanol–water partition coefficient (Wildman–Crippen LogP) is 3.32. The summed E-state index contributed by atoms with van der Waals surface area (Å²) in [6, 6.07) is 13.6. The highest BCUT2D eigenvalue weighted by molar-refractivity contribution is 6.04. The van der Waals surface area contributed by atoms with Gasteiger partial charge in [-0.15, -0.1) is 0 Å². The Bertz CT molecular complexity index is 1310. The summed E-state index contributed by atoms with van der Waals surface area (Å²) >= 11 is 0. The summed E-state index contributed by atoms with van der Waals surface area (Å²) in [4.78, 5) is 42.4. The fourth-order valence-electron chi connectivity index (χ4n) is 3.95. The van der Waals surface area contributed by atoms with Crippen LogP contribution in [0.5, 0.6) is 11.5 Å². The van der Waals surface area contributed by atoms with Gasteiger partial charge in [0.15, 0.2) is 11.5 Å². The van der Waals surface area contributed by atoms with Gasteiger partial charge in [0, 0.05) is 36.3 Å². The van der Waals surface area contributed by atoms with Crippen molar-refractivity contribution in [2.24, 2.45) is 0 Å². The van der Waals surface area contributed by atoms with E-state index in [1.54, 1.807) is 48.7 Å². The molecule has 0 aliphatic carbocycles. The molecule has 2 heterocycles. The molecule has 0 radical (unpaired) electrons. The summed E-state index contributed by atoms with van der Waals surface area (Å²) in [5.41, 5.74) is 3.67. The molecular weight excluding hydrogens is 464 g/mol. The average Bonchev–Trinajstić information content (AvgIpc) is 2.90. The van der Waals surface area contributed by atoms with E-state index < -0.39 is 6.09 Å². The molecule has 1 aliphatic heterocycles. The second-order valence-electron chi connectivity index (χ2n) is 8.19. The molecule has 0 atom stereocenters. The van der Waals surface area contributed by atoms with Crippen LogP contribution in [0.3, 0.4) is 0 Å². The van der Waals surface area contributed by atoms with E-state index in [2.05, 4.69) is 15.6 Å². The lowest BCUT2D eigenvalue weighted by molar-refractivity contribution is 0.0950. The number of carbonyl (C=O) groups is 3. The fraction of sp³-hybridized carbons (Fsp3) is 0.231. The van der Waals surface area contributed by atoms with Gasteiger partial charge in [0.05, 0.1) is 32.6 Å². The second-order valence-corrected chi connectivity index (χ2v) is 8.19. The number of carboxylic acid groups (broad SMARTS) is 1. The molecule has 10 heteroatoms. The first-order chi connectivity index (χ1) is 17.4. The molecule has 1 aliphatic rings. The zero-order valence-corrected chi connectivity index (χ0v) is 19.9. The SMILES string of the molecule is COc1ccc(C(=O)NCc2cccc(C(=O)Nc3cnc4c(c3)CN(C(=O)O)CC4)c2)cc1OC. The van der Waals surface area contributed by atoms with Crippen LogP contribution in [-0.2, 0) is 19.5 Å². The predicted molar refractivity (Wildman–Crippen MR) is 131 cm³/mol. The minimum Gasteiger partial charge on any atom is -0.493 e. The number of aromatic nitrogens is 1. The number of nitrogens with zero attached hydrogens (tertiary/aromatic N) is 2. The molecule has 3 aromatic rings. The number of amides is 3. The molecule has 36 heavy (non-hydrogen) atoms. The maximum Gasteiger partial charge on any atom is 0.407 e. The monoisotopic (exact) mass is 490 g/mol. The van der Waals surface area contributed by atoms with Gasteiger partial charge in [-0.1, -0.05) is 12.1 Å². The fourth-order valence-corrected chi connectivity index (χ4v) is 3.95. The van der Waals surface area contributed by atoms with Crippen LogP contribution in [-0.4, -0.2) is 53.7 Å². The molecule has 0 saturated heterocycles. The lowest BCUT2D eigenvalue weighted by Crippen LogP contribution is -2.35. The van der Waals surface area contributed by atoms with Crippen LogP contribution in [0, 0.1) is 0 Å². The summed E-state index contributed by atoms with van der Waals surface area (Å²) in [6.45, 7) is 0.854. The van der Waals surface area contributed by atoms with E-state index in [9.17, 15) is 19.5 Å². The molecule has 3 amide bonds. The molecule has 0 unspecified atom stereocenters. The quantitative estimate of drug-likeness (QED) is 0.463. The van der Waals surface area contributed by atoms with Crippen molar-refractivity contribution in [1.29, 1.82) is 0 Å². The van der Waals surface area contributed by atoms with Crippen LogP contribution in [0.4, 0.5) is 10.5 Å². The third kappa shape index (κ3) is 5.54. The Balaban J connectivity index is 1.40. The maximum absolute atomic E-state index is 12.8. The van der Waals surface area contributed by atoms with Crippen molar-refractivity contribution in [1.82, 2.24) is 15.2 Å². The number of rotatable bonds is 7.